The summed E-state index contributed by atoms with van der Waals surface area (Å²) in [4.78, 5) is 5.43. The van der Waals surface area contributed by atoms with E-state index in [1.807, 2.05) is 12.1 Å². The molecule has 0 radical (unpaired) electrons. The van der Waals surface area contributed by atoms with Crippen LogP contribution in [-0.2, 0) is 0 Å². The van der Waals surface area contributed by atoms with Crippen LogP contribution in [0.5, 0.6) is 0 Å². The first-order valence-corrected chi connectivity index (χ1v) is 6.43. The number of alkyl halides is 3. The molecule has 2 aliphatic rings. The average Bonchev–Trinajstić information content (AvgIpc) is 3.17. The number of nitrogens with two attached hydrogens (primary N) is 1. The van der Waals surface area contributed by atoms with Crippen LogP contribution < -0.4 is 10.6 Å². The molecule has 3 nitrogen and oxygen atoms in total. The summed E-state index contributed by atoms with van der Waals surface area (Å²) < 4.78 is 38.1. The fourth-order valence-corrected chi connectivity index (χ4v) is 2.39. The van der Waals surface area contributed by atoms with Crippen LogP contribution in [0.25, 0.3) is 0 Å². The molecule has 3 rings (SSSR count). The van der Waals surface area contributed by atoms with Gasteiger partial charge in [0.15, 0.2) is 0 Å². The molecule has 0 amide bonds. The van der Waals surface area contributed by atoms with Gasteiger partial charge >= 0.3 is 6.18 Å². The Labute approximate surface area is 114 Å². The SMILES string of the molecule is NC1=CN(CC(F)(F)F)c2ccccc2C(C2CC2)=N1. The summed E-state index contributed by atoms with van der Waals surface area (Å²) >= 11 is 0. The second kappa shape index (κ2) is 4.54. The predicted molar refractivity (Wildman–Crippen MR) is 71.4 cm³/mol. The fourth-order valence-electron chi connectivity index (χ4n) is 2.39. The maximum absolute atomic E-state index is 12.7. The van der Waals surface area contributed by atoms with Gasteiger partial charge in [0.1, 0.15) is 12.4 Å². The molecule has 20 heavy (non-hydrogen) atoms. The first kappa shape index (κ1) is 13.0. The Balaban J connectivity index is 2.06. The van der Waals surface area contributed by atoms with E-state index < -0.39 is 12.7 Å². The highest BCUT2D eigenvalue weighted by atomic mass is 19.4. The Morgan fingerprint density at radius 3 is 2.60 bits per heavy atom. The molecule has 1 fully saturated rings. The zero-order chi connectivity index (χ0) is 14.3. The van der Waals surface area contributed by atoms with Crippen molar-refractivity contribution in [3.05, 3.63) is 41.8 Å². The number of halogens is 3. The smallest absolute Gasteiger partial charge is 0.382 e. The fraction of sp³-hybridized carbons (Fsp3) is 0.357. The van der Waals surface area contributed by atoms with Gasteiger partial charge in [0, 0.05) is 17.7 Å². The van der Waals surface area contributed by atoms with E-state index in [0.717, 1.165) is 29.0 Å². The van der Waals surface area contributed by atoms with Gasteiger partial charge < -0.3 is 10.6 Å². The second-order valence-corrected chi connectivity index (χ2v) is 5.09. The van der Waals surface area contributed by atoms with E-state index in [1.165, 1.54) is 6.20 Å². The maximum atomic E-state index is 12.7. The highest BCUT2D eigenvalue weighted by molar-refractivity contribution is 6.08. The molecule has 2 N–H and O–H groups in total. The van der Waals surface area contributed by atoms with Crippen molar-refractivity contribution in [2.45, 2.75) is 19.0 Å². The van der Waals surface area contributed by atoms with Crippen molar-refractivity contribution >= 4 is 11.4 Å². The molecule has 0 spiro atoms. The Hall–Kier alpha value is -1.98. The first-order chi connectivity index (χ1) is 9.44. The molecule has 6 heteroatoms. The molecule has 106 valence electrons. The van der Waals surface area contributed by atoms with Crippen LogP contribution in [0, 0.1) is 5.92 Å². The van der Waals surface area contributed by atoms with Crippen molar-refractivity contribution in [1.29, 1.82) is 0 Å². The lowest BCUT2D eigenvalue weighted by molar-refractivity contribution is -0.118. The number of rotatable bonds is 2. The maximum Gasteiger partial charge on any atom is 0.406 e. The molecule has 1 aromatic carbocycles. The Bertz CT molecular complexity index is 586. The van der Waals surface area contributed by atoms with E-state index in [1.54, 1.807) is 12.1 Å². The van der Waals surface area contributed by atoms with E-state index in [-0.39, 0.29) is 5.82 Å². The number of benzene rings is 1. The Morgan fingerprint density at radius 2 is 1.95 bits per heavy atom. The van der Waals surface area contributed by atoms with Crippen molar-refractivity contribution in [3.63, 3.8) is 0 Å². The van der Waals surface area contributed by atoms with E-state index in [4.69, 9.17) is 5.73 Å². The van der Waals surface area contributed by atoms with Gasteiger partial charge in [-0.05, 0) is 18.9 Å². The summed E-state index contributed by atoms with van der Waals surface area (Å²) in [6.07, 6.45) is -1.00. The summed E-state index contributed by atoms with van der Waals surface area (Å²) in [7, 11) is 0. The molecule has 1 heterocycles. The summed E-state index contributed by atoms with van der Waals surface area (Å²) in [6.45, 7) is -1.07. The largest absolute Gasteiger partial charge is 0.406 e. The lowest BCUT2D eigenvalue weighted by Crippen LogP contribution is -2.31. The van der Waals surface area contributed by atoms with Crippen LogP contribution >= 0.6 is 0 Å². The van der Waals surface area contributed by atoms with Crippen LogP contribution in [0.3, 0.4) is 0 Å². The van der Waals surface area contributed by atoms with Crippen molar-refractivity contribution in [1.82, 2.24) is 0 Å². The van der Waals surface area contributed by atoms with Crippen LogP contribution in [0.2, 0.25) is 0 Å². The second-order valence-electron chi connectivity index (χ2n) is 5.09. The molecule has 0 bridgehead atoms. The van der Waals surface area contributed by atoms with Crippen molar-refractivity contribution in [2.75, 3.05) is 11.4 Å². The Kier molecular flexibility index (Phi) is 2.96. The number of aliphatic imine (C=N–C) groups is 1. The highest BCUT2D eigenvalue weighted by Crippen LogP contribution is 2.38. The zero-order valence-electron chi connectivity index (χ0n) is 10.7. The monoisotopic (exact) mass is 281 g/mol. The van der Waals surface area contributed by atoms with Gasteiger partial charge in [0.2, 0.25) is 0 Å². The third kappa shape index (κ3) is 2.64. The van der Waals surface area contributed by atoms with Crippen molar-refractivity contribution in [3.8, 4) is 0 Å². The molecular weight excluding hydrogens is 267 g/mol. The van der Waals surface area contributed by atoms with Crippen LogP contribution in [-0.4, -0.2) is 18.4 Å². The summed E-state index contributed by atoms with van der Waals surface area (Å²) in [5.41, 5.74) is 7.80. The third-order valence-corrected chi connectivity index (χ3v) is 3.34. The number of fused-ring (bicyclic) bond motifs is 1. The van der Waals surface area contributed by atoms with Gasteiger partial charge in [-0.25, -0.2) is 4.99 Å². The van der Waals surface area contributed by atoms with Crippen molar-refractivity contribution in [2.24, 2.45) is 16.6 Å². The van der Waals surface area contributed by atoms with E-state index in [0.29, 0.717) is 11.6 Å². The van der Waals surface area contributed by atoms with Gasteiger partial charge in [-0.2, -0.15) is 13.2 Å². The van der Waals surface area contributed by atoms with Crippen LogP contribution in [0.1, 0.15) is 18.4 Å². The summed E-state index contributed by atoms with van der Waals surface area (Å²) in [5.74, 6) is 0.432. The predicted octanol–water partition coefficient (Wildman–Crippen LogP) is 3.03. The van der Waals surface area contributed by atoms with E-state index in [2.05, 4.69) is 4.99 Å². The van der Waals surface area contributed by atoms with Crippen molar-refractivity contribution < 1.29 is 13.2 Å². The molecule has 1 aliphatic carbocycles. The van der Waals surface area contributed by atoms with Gasteiger partial charge in [0.05, 0.1) is 11.4 Å². The first-order valence-electron chi connectivity index (χ1n) is 6.43. The van der Waals surface area contributed by atoms with Gasteiger partial charge in [-0.1, -0.05) is 18.2 Å². The third-order valence-electron chi connectivity index (χ3n) is 3.34. The zero-order valence-corrected chi connectivity index (χ0v) is 10.7. The van der Waals surface area contributed by atoms with E-state index in [9.17, 15) is 13.2 Å². The summed E-state index contributed by atoms with van der Waals surface area (Å²) in [6, 6.07) is 7.02. The normalized spacial score (nSPS) is 19.1. The van der Waals surface area contributed by atoms with Gasteiger partial charge in [-0.3, -0.25) is 0 Å². The molecule has 0 saturated heterocycles. The topological polar surface area (TPSA) is 41.6 Å². The van der Waals surface area contributed by atoms with Crippen LogP contribution in [0.15, 0.2) is 41.3 Å². The van der Waals surface area contributed by atoms with Crippen LogP contribution in [0.4, 0.5) is 18.9 Å². The van der Waals surface area contributed by atoms with Gasteiger partial charge in [-0.15, -0.1) is 0 Å². The molecular formula is C14H14F3N3. The molecule has 0 aromatic heterocycles. The lowest BCUT2D eigenvalue weighted by atomic mass is 10.0. The highest BCUT2D eigenvalue weighted by Gasteiger charge is 2.35. The minimum absolute atomic E-state index is 0.118. The minimum atomic E-state index is -4.30. The van der Waals surface area contributed by atoms with E-state index >= 15 is 0 Å². The minimum Gasteiger partial charge on any atom is -0.382 e. The molecule has 1 saturated carbocycles. The Morgan fingerprint density at radius 1 is 1.25 bits per heavy atom. The van der Waals surface area contributed by atoms with Gasteiger partial charge in [0.25, 0.3) is 0 Å². The molecule has 1 aromatic rings. The number of nitrogens with zero attached hydrogens (tertiary/aromatic N) is 2. The number of anilines is 1. The average molecular weight is 281 g/mol. The molecule has 0 atom stereocenters. The number of hydrogen-bond donors (Lipinski definition) is 1. The quantitative estimate of drug-likeness (QED) is 0.905. The molecule has 0 unspecified atom stereocenters. The number of para-hydroxylation sites is 1. The lowest BCUT2D eigenvalue weighted by Gasteiger charge is -2.23. The number of hydrogen-bond acceptors (Lipinski definition) is 3. The summed E-state index contributed by atoms with van der Waals surface area (Å²) in [5, 5.41) is 0. The molecule has 1 aliphatic heterocycles. The standard InChI is InChI=1S/C14H14F3N3/c15-14(16,17)8-20-7-12(18)19-13(9-5-6-9)10-3-1-2-4-11(10)20/h1-4,7,9H,5-6,8,18H2.